The Hall–Kier alpha value is -0.560. The first-order valence-electron chi connectivity index (χ1n) is 7.84. The summed E-state index contributed by atoms with van der Waals surface area (Å²) in [6.45, 7) is 2.86. The highest BCUT2D eigenvalue weighted by Gasteiger charge is 2.06. The molecule has 0 aromatic heterocycles. The summed E-state index contributed by atoms with van der Waals surface area (Å²) in [7, 11) is 0. The second kappa shape index (κ2) is 11.9. The molecule has 1 aromatic carbocycles. The fraction of sp³-hybridized carbons (Fsp3) is 0.500. The average molecular weight is 407 g/mol. The van der Waals surface area contributed by atoms with Crippen LogP contribution in [0.4, 0.5) is 5.69 Å². The fourth-order valence-electron chi connectivity index (χ4n) is 2.29. The van der Waals surface area contributed by atoms with Gasteiger partial charge in [-0.2, -0.15) is 0 Å². The number of hydrogen-bond donors (Lipinski definition) is 2. The lowest BCUT2D eigenvalue weighted by atomic mass is 10.1. The van der Waals surface area contributed by atoms with Crippen LogP contribution in [0.15, 0.2) is 34.3 Å². The maximum atomic E-state index is 4.49. The number of thioether (sulfide) groups is 2. The molecule has 0 amide bonds. The molecule has 0 atom stereocenters. The standard InChI is InChI=1S/C16H22N4S2.2ClH/c1-8-17-15(21-11-1)19-10-7-13-3-5-14(6-4-13)20-16-18-9-2-12-22-16;;/h3-6H,1-2,7-12H2,(H,17,19)(H,18,20);2*1H. The van der Waals surface area contributed by atoms with Crippen LogP contribution < -0.4 is 10.6 Å². The number of rotatable bonds is 4. The molecule has 0 saturated heterocycles. The van der Waals surface area contributed by atoms with Gasteiger partial charge in [-0.3, -0.25) is 9.98 Å². The summed E-state index contributed by atoms with van der Waals surface area (Å²) in [4.78, 5) is 8.97. The van der Waals surface area contributed by atoms with Gasteiger partial charge in [0, 0.05) is 36.8 Å². The molecular weight excluding hydrogens is 383 g/mol. The molecule has 0 unspecified atom stereocenters. The molecule has 8 heteroatoms. The molecule has 0 bridgehead atoms. The maximum Gasteiger partial charge on any atom is 0.161 e. The lowest BCUT2D eigenvalue weighted by molar-refractivity contribution is 0.853. The van der Waals surface area contributed by atoms with E-state index >= 15 is 0 Å². The third-order valence-electron chi connectivity index (χ3n) is 3.49. The quantitative estimate of drug-likeness (QED) is 0.790. The van der Waals surface area contributed by atoms with Crippen LogP contribution in [-0.2, 0) is 6.42 Å². The van der Waals surface area contributed by atoms with Gasteiger partial charge in [0.2, 0.25) is 0 Å². The molecule has 2 N–H and O–H groups in total. The van der Waals surface area contributed by atoms with Gasteiger partial charge in [0.25, 0.3) is 0 Å². The van der Waals surface area contributed by atoms with Crippen LogP contribution in [0.3, 0.4) is 0 Å². The van der Waals surface area contributed by atoms with Gasteiger partial charge in [0.1, 0.15) is 0 Å². The molecule has 0 radical (unpaired) electrons. The largest absolute Gasteiger partial charge is 0.365 e. The van der Waals surface area contributed by atoms with E-state index in [1.54, 1.807) is 11.8 Å². The summed E-state index contributed by atoms with van der Waals surface area (Å²) in [6, 6.07) is 8.65. The Morgan fingerprint density at radius 3 is 2.08 bits per heavy atom. The van der Waals surface area contributed by atoms with Crippen LogP contribution in [0, 0.1) is 0 Å². The van der Waals surface area contributed by atoms with Gasteiger partial charge in [0.15, 0.2) is 10.3 Å². The Balaban J connectivity index is 0.00000144. The molecule has 24 heavy (non-hydrogen) atoms. The van der Waals surface area contributed by atoms with Crippen molar-refractivity contribution in [3.63, 3.8) is 0 Å². The van der Waals surface area contributed by atoms with Gasteiger partial charge < -0.3 is 10.6 Å². The lowest BCUT2D eigenvalue weighted by Crippen LogP contribution is -2.25. The highest BCUT2D eigenvalue weighted by atomic mass is 35.5. The smallest absolute Gasteiger partial charge is 0.161 e. The second-order valence-corrected chi connectivity index (χ2v) is 7.44. The predicted molar refractivity (Wildman–Crippen MR) is 115 cm³/mol. The highest BCUT2D eigenvalue weighted by molar-refractivity contribution is 8.14. The summed E-state index contributed by atoms with van der Waals surface area (Å²) in [5.41, 5.74) is 2.47. The number of hydrogen-bond acceptors (Lipinski definition) is 6. The van der Waals surface area contributed by atoms with Gasteiger partial charge in [-0.25, -0.2) is 0 Å². The van der Waals surface area contributed by atoms with Crippen LogP contribution in [-0.4, -0.2) is 41.5 Å². The number of amidine groups is 2. The predicted octanol–water partition coefficient (Wildman–Crippen LogP) is 4.06. The Kier molecular flexibility index (Phi) is 10.7. The van der Waals surface area contributed by atoms with Crippen LogP contribution in [0.2, 0.25) is 0 Å². The molecule has 0 spiro atoms. The molecule has 2 heterocycles. The van der Waals surface area contributed by atoms with Gasteiger partial charge in [-0.15, -0.1) is 24.8 Å². The fourth-order valence-corrected chi connectivity index (χ4v) is 3.99. The van der Waals surface area contributed by atoms with E-state index in [1.807, 2.05) is 11.8 Å². The average Bonchev–Trinajstić information content (AvgIpc) is 2.58. The molecule has 0 aliphatic carbocycles. The Morgan fingerprint density at radius 2 is 1.50 bits per heavy atom. The summed E-state index contributed by atoms with van der Waals surface area (Å²) in [5.74, 6) is 2.35. The monoisotopic (exact) mass is 406 g/mol. The molecule has 2 aliphatic rings. The Labute approximate surface area is 165 Å². The molecule has 134 valence electrons. The van der Waals surface area contributed by atoms with Gasteiger partial charge in [0.05, 0.1) is 0 Å². The first-order valence-corrected chi connectivity index (χ1v) is 9.81. The maximum absolute atomic E-state index is 4.49. The van der Waals surface area contributed by atoms with Gasteiger partial charge in [-0.1, -0.05) is 35.7 Å². The molecule has 3 rings (SSSR count). The van der Waals surface area contributed by atoms with Crippen LogP contribution in [0.5, 0.6) is 0 Å². The highest BCUT2D eigenvalue weighted by Crippen LogP contribution is 2.17. The van der Waals surface area contributed by atoms with E-state index in [0.717, 1.165) is 47.8 Å². The first kappa shape index (κ1) is 21.5. The molecule has 4 nitrogen and oxygen atoms in total. The van der Waals surface area contributed by atoms with Crippen LogP contribution in [0.25, 0.3) is 0 Å². The van der Waals surface area contributed by atoms with Crippen molar-refractivity contribution in [3.8, 4) is 0 Å². The zero-order chi connectivity index (χ0) is 15.0. The van der Waals surface area contributed by atoms with Crippen LogP contribution >= 0.6 is 48.3 Å². The van der Waals surface area contributed by atoms with E-state index in [-0.39, 0.29) is 24.8 Å². The molecule has 2 aliphatic heterocycles. The minimum Gasteiger partial charge on any atom is -0.365 e. The summed E-state index contributed by atoms with van der Waals surface area (Å²) in [5, 5.41) is 8.97. The number of benzene rings is 1. The van der Waals surface area contributed by atoms with E-state index in [4.69, 9.17) is 0 Å². The van der Waals surface area contributed by atoms with Crippen molar-refractivity contribution < 1.29 is 0 Å². The van der Waals surface area contributed by atoms with Crippen molar-refractivity contribution >= 4 is 64.4 Å². The van der Waals surface area contributed by atoms with Crippen molar-refractivity contribution in [2.45, 2.75) is 19.3 Å². The summed E-state index contributed by atoms with van der Waals surface area (Å²) >= 11 is 3.64. The van der Waals surface area contributed by atoms with Gasteiger partial charge >= 0.3 is 0 Å². The minimum absolute atomic E-state index is 0. The molecule has 1 aromatic rings. The summed E-state index contributed by atoms with van der Waals surface area (Å²) in [6.07, 6.45) is 3.41. The Bertz CT molecular complexity index is 550. The number of nitrogens with one attached hydrogen (secondary N) is 2. The zero-order valence-electron chi connectivity index (χ0n) is 13.5. The minimum atomic E-state index is 0. The van der Waals surface area contributed by atoms with Crippen molar-refractivity contribution in [3.05, 3.63) is 29.8 Å². The number of anilines is 1. The van der Waals surface area contributed by atoms with E-state index in [9.17, 15) is 0 Å². The van der Waals surface area contributed by atoms with Crippen LogP contribution in [0.1, 0.15) is 18.4 Å². The van der Waals surface area contributed by atoms with Crippen molar-refractivity contribution in [2.24, 2.45) is 9.98 Å². The number of halogens is 2. The lowest BCUT2D eigenvalue weighted by Gasteiger charge is -2.14. The van der Waals surface area contributed by atoms with E-state index < -0.39 is 0 Å². The first-order chi connectivity index (χ1) is 10.9. The van der Waals surface area contributed by atoms with Crippen molar-refractivity contribution in [1.82, 2.24) is 5.32 Å². The number of aliphatic imine (C=N–C) groups is 2. The number of nitrogens with zero attached hydrogens (tertiary/aromatic N) is 2. The van der Waals surface area contributed by atoms with E-state index in [2.05, 4.69) is 44.9 Å². The van der Waals surface area contributed by atoms with E-state index in [0.29, 0.717) is 0 Å². The van der Waals surface area contributed by atoms with Crippen molar-refractivity contribution in [1.29, 1.82) is 0 Å². The SMILES string of the molecule is Cl.Cl.c1cc(NC2=NCCCS2)ccc1CCNC1=NCCCS1. The third-order valence-corrected chi connectivity index (χ3v) is 5.53. The van der Waals surface area contributed by atoms with Gasteiger partial charge in [-0.05, 0) is 37.0 Å². The second-order valence-electron chi connectivity index (χ2n) is 5.28. The molecular formula is C16H24Cl2N4S2. The normalized spacial score (nSPS) is 16.8. The van der Waals surface area contributed by atoms with E-state index in [1.165, 1.54) is 24.2 Å². The molecule has 0 saturated carbocycles. The third kappa shape index (κ3) is 7.13. The molecule has 0 fully saturated rings. The Morgan fingerprint density at radius 1 is 0.875 bits per heavy atom. The van der Waals surface area contributed by atoms with Crippen molar-refractivity contribution in [2.75, 3.05) is 36.5 Å². The summed E-state index contributed by atoms with van der Waals surface area (Å²) < 4.78 is 0. The topological polar surface area (TPSA) is 48.8 Å². The zero-order valence-corrected chi connectivity index (χ0v) is 16.8.